The molecule has 70 valence electrons. The molecule has 0 bridgehead atoms. The second-order valence-electron chi connectivity index (χ2n) is 3.35. The molecular formula is C8H16N2O2. The normalized spacial score (nSPS) is 31.1. The predicted octanol–water partition coefficient (Wildman–Crippen LogP) is -0.635. The van der Waals surface area contributed by atoms with Crippen LogP contribution in [0.5, 0.6) is 0 Å². The van der Waals surface area contributed by atoms with Gasteiger partial charge in [0.1, 0.15) is 0 Å². The van der Waals surface area contributed by atoms with Gasteiger partial charge in [-0.25, -0.2) is 0 Å². The Morgan fingerprint density at radius 1 is 1.67 bits per heavy atom. The number of hydrogen-bond donors (Lipinski definition) is 3. The maximum Gasteiger partial charge on any atom is 0.218 e. The standard InChI is InChI=1S/C8H16N2O2/c9-8(12)5-6-4-7(11)2-1-3-10-6/h6-7,10-11H,1-5H2,(H2,9,12). The van der Waals surface area contributed by atoms with Crippen molar-refractivity contribution in [1.29, 1.82) is 0 Å². The van der Waals surface area contributed by atoms with Crippen molar-refractivity contribution < 1.29 is 9.90 Å². The summed E-state index contributed by atoms with van der Waals surface area (Å²) in [4.78, 5) is 10.6. The second kappa shape index (κ2) is 4.42. The fourth-order valence-electron chi connectivity index (χ4n) is 1.57. The molecule has 1 heterocycles. The van der Waals surface area contributed by atoms with Crippen molar-refractivity contribution in [1.82, 2.24) is 5.32 Å². The van der Waals surface area contributed by atoms with Gasteiger partial charge in [0, 0.05) is 12.5 Å². The van der Waals surface area contributed by atoms with Crippen LogP contribution in [-0.2, 0) is 4.79 Å². The lowest BCUT2D eigenvalue weighted by atomic mass is 10.1. The van der Waals surface area contributed by atoms with Crippen LogP contribution in [-0.4, -0.2) is 29.7 Å². The summed E-state index contributed by atoms with van der Waals surface area (Å²) < 4.78 is 0. The summed E-state index contributed by atoms with van der Waals surface area (Å²) in [5, 5.41) is 12.6. The highest BCUT2D eigenvalue weighted by Gasteiger charge is 2.18. The first-order valence-corrected chi connectivity index (χ1v) is 4.38. The molecule has 1 rings (SSSR count). The van der Waals surface area contributed by atoms with E-state index in [1.807, 2.05) is 0 Å². The van der Waals surface area contributed by atoms with Gasteiger partial charge in [-0.05, 0) is 25.8 Å². The summed E-state index contributed by atoms with van der Waals surface area (Å²) in [5.74, 6) is -0.304. The fraction of sp³-hybridized carbons (Fsp3) is 0.875. The number of nitrogens with two attached hydrogens (primary N) is 1. The number of aliphatic hydroxyl groups excluding tert-OH is 1. The molecule has 12 heavy (non-hydrogen) atoms. The summed E-state index contributed by atoms with van der Waals surface area (Å²) in [6.07, 6.45) is 2.49. The average molecular weight is 172 g/mol. The minimum atomic E-state index is -0.304. The molecule has 1 aliphatic rings. The predicted molar refractivity (Wildman–Crippen MR) is 45.5 cm³/mol. The molecule has 0 saturated carbocycles. The molecule has 1 fully saturated rings. The lowest BCUT2D eigenvalue weighted by Crippen LogP contribution is -2.34. The van der Waals surface area contributed by atoms with E-state index < -0.39 is 0 Å². The Morgan fingerprint density at radius 2 is 2.42 bits per heavy atom. The number of nitrogens with one attached hydrogen (secondary N) is 1. The number of carbonyl (C=O) groups is 1. The third-order valence-corrected chi connectivity index (χ3v) is 2.15. The van der Waals surface area contributed by atoms with Crippen LogP contribution in [0.3, 0.4) is 0 Å². The van der Waals surface area contributed by atoms with E-state index in [9.17, 15) is 9.90 Å². The van der Waals surface area contributed by atoms with E-state index in [0.29, 0.717) is 12.8 Å². The Balaban J connectivity index is 2.35. The Kier molecular flexibility index (Phi) is 3.49. The van der Waals surface area contributed by atoms with Gasteiger partial charge in [0.15, 0.2) is 0 Å². The van der Waals surface area contributed by atoms with Gasteiger partial charge in [-0.2, -0.15) is 0 Å². The fourth-order valence-corrected chi connectivity index (χ4v) is 1.57. The van der Waals surface area contributed by atoms with Crippen LogP contribution < -0.4 is 11.1 Å². The van der Waals surface area contributed by atoms with Gasteiger partial charge >= 0.3 is 0 Å². The van der Waals surface area contributed by atoms with Crippen molar-refractivity contribution >= 4 is 5.91 Å². The van der Waals surface area contributed by atoms with E-state index >= 15 is 0 Å². The summed E-state index contributed by atoms with van der Waals surface area (Å²) in [5.41, 5.74) is 5.06. The van der Waals surface area contributed by atoms with Crippen molar-refractivity contribution in [2.24, 2.45) is 5.73 Å². The van der Waals surface area contributed by atoms with E-state index in [0.717, 1.165) is 19.4 Å². The van der Waals surface area contributed by atoms with Gasteiger partial charge in [-0.1, -0.05) is 0 Å². The third kappa shape index (κ3) is 3.19. The van der Waals surface area contributed by atoms with Gasteiger partial charge in [-0.3, -0.25) is 4.79 Å². The first kappa shape index (κ1) is 9.48. The lowest BCUT2D eigenvalue weighted by molar-refractivity contribution is -0.118. The van der Waals surface area contributed by atoms with E-state index in [1.54, 1.807) is 0 Å². The monoisotopic (exact) mass is 172 g/mol. The summed E-state index contributed by atoms with van der Waals surface area (Å²) >= 11 is 0. The molecule has 0 aliphatic carbocycles. The zero-order valence-electron chi connectivity index (χ0n) is 7.12. The van der Waals surface area contributed by atoms with Crippen molar-refractivity contribution in [2.75, 3.05) is 6.54 Å². The van der Waals surface area contributed by atoms with Crippen LogP contribution in [0.15, 0.2) is 0 Å². The van der Waals surface area contributed by atoms with E-state index in [2.05, 4.69) is 5.32 Å². The number of hydrogen-bond acceptors (Lipinski definition) is 3. The Bertz CT molecular complexity index is 161. The Hall–Kier alpha value is -0.610. The minimum Gasteiger partial charge on any atom is -0.393 e. The van der Waals surface area contributed by atoms with Crippen molar-refractivity contribution in [2.45, 2.75) is 37.8 Å². The van der Waals surface area contributed by atoms with Gasteiger partial charge in [0.25, 0.3) is 0 Å². The minimum absolute atomic E-state index is 0.0694. The zero-order valence-corrected chi connectivity index (χ0v) is 7.12. The summed E-state index contributed by atoms with van der Waals surface area (Å²) in [6, 6.07) is 0.0694. The molecule has 0 aromatic rings. The highest BCUT2D eigenvalue weighted by atomic mass is 16.3. The van der Waals surface area contributed by atoms with Crippen LogP contribution in [0.4, 0.5) is 0 Å². The molecule has 1 amide bonds. The van der Waals surface area contributed by atoms with Crippen LogP contribution in [0.25, 0.3) is 0 Å². The van der Waals surface area contributed by atoms with Crippen LogP contribution in [0.1, 0.15) is 25.7 Å². The van der Waals surface area contributed by atoms with Crippen molar-refractivity contribution in [3.8, 4) is 0 Å². The van der Waals surface area contributed by atoms with Gasteiger partial charge in [0.05, 0.1) is 6.10 Å². The highest BCUT2D eigenvalue weighted by molar-refractivity contribution is 5.74. The summed E-state index contributed by atoms with van der Waals surface area (Å²) in [7, 11) is 0. The molecule has 1 saturated heterocycles. The molecule has 0 spiro atoms. The maximum absolute atomic E-state index is 10.6. The lowest BCUT2D eigenvalue weighted by Gasteiger charge is -2.15. The van der Waals surface area contributed by atoms with Crippen LogP contribution in [0.2, 0.25) is 0 Å². The molecule has 0 radical (unpaired) electrons. The molecule has 4 N–H and O–H groups in total. The van der Waals surface area contributed by atoms with Crippen LogP contribution in [0, 0.1) is 0 Å². The number of primary amides is 1. The number of rotatable bonds is 2. The molecule has 0 aromatic heterocycles. The Labute approximate surface area is 72.1 Å². The summed E-state index contributed by atoms with van der Waals surface area (Å²) in [6.45, 7) is 0.870. The third-order valence-electron chi connectivity index (χ3n) is 2.15. The molecule has 2 atom stereocenters. The molecule has 1 aliphatic heterocycles. The van der Waals surface area contributed by atoms with Crippen LogP contribution >= 0.6 is 0 Å². The maximum atomic E-state index is 10.6. The molecule has 2 unspecified atom stereocenters. The smallest absolute Gasteiger partial charge is 0.218 e. The highest BCUT2D eigenvalue weighted by Crippen LogP contribution is 2.11. The van der Waals surface area contributed by atoms with Crippen molar-refractivity contribution in [3.63, 3.8) is 0 Å². The number of carbonyl (C=O) groups excluding carboxylic acids is 1. The van der Waals surface area contributed by atoms with E-state index in [4.69, 9.17) is 5.73 Å². The van der Waals surface area contributed by atoms with E-state index in [1.165, 1.54) is 0 Å². The van der Waals surface area contributed by atoms with Gasteiger partial charge < -0.3 is 16.2 Å². The largest absolute Gasteiger partial charge is 0.393 e. The average Bonchev–Trinajstić information content (AvgIpc) is 2.12. The zero-order chi connectivity index (χ0) is 8.97. The van der Waals surface area contributed by atoms with Crippen molar-refractivity contribution in [3.05, 3.63) is 0 Å². The Morgan fingerprint density at radius 3 is 3.08 bits per heavy atom. The number of aliphatic hydroxyl groups is 1. The molecular weight excluding hydrogens is 156 g/mol. The first-order valence-electron chi connectivity index (χ1n) is 4.38. The van der Waals surface area contributed by atoms with Gasteiger partial charge in [-0.15, -0.1) is 0 Å². The molecule has 0 aromatic carbocycles. The number of amides is 1. The second-order valence-corrected chi connectivity index (χ2v) is 3.35. The van der Waals surface area contributed by atoms with E-state index in [-0.39, 0.29) is 18.1 Å². The SMILES string of the molecule is NC(=O)CC1CC(O)CCCN1. The quantitative estimate of drug-likeness (QED) is 0.519. The first-order chi connectivity index (χ1) is 5.68. The molecule has 4 heteroatoms. The molecule has 4 nitrogen and oxygen atoms in total. The topological polar surface area (TPSA) is 75.4 Å². The van der Waals surface area contributed by atoms with Gasteiger partial charge in [0.2, 0.25) is 5.91 Å².